The minimum Gasteiger partial charge on any atom is -0.497 e. The maximum absolute atomic E-state index is 18.1. The lowest BCUT2D eigenvalue weighted by atomic mass is 9.95. The highest BCUT2D eigenvalue weighted by molar-refractivity contribution is 6.34. The third kappa shape index (κ3) is 8.84. The molecule has 0 radical (unpaired) electrons. The molecule has 4 aliphatic rings. The van der Waals surface area contributed by atoms with Crippen LogP contribution in [0.5, 0.6) is 17.5 Å². The Hall–Kier alpha value is -6.20. The summed E-state index contributed by atoms with van der Waals surface area (Å²) in [5, 5.41) is 0.603. The van der Waals surface area contributed by atoms with Gasteiger partial charge in [0.15, 0.2) is 5.82 Å². The quantitative estimate of drug-likeness (QED) is 0.0864. The lowest BCUT2D eigenvalue weighted by Gasteiger charge is -2.47. The van der Waals surface area contributed by atoms with Gasteiger partial charge in [0.2, 0.25) is 11.6 Å². The van der Waals surface area contributed by atoms with Gasteiger partial charge in [0.25, 0.3) is 0 Å². The third-order valence-corrected chi connectivity index (χ3v) is 14.2. The molecule has 1 amide bonds. The minimum atomic E-state index is -2.55. The molecule has 6 aromatic rings. The van der Waals surface area contributed by atoms with E-state index in [0.29, 0.717) is 53.7 Å². The molecule has 0 aliphatic carbocycles. The SMILES string of the molecule is COc1ccc(CN(Cc2ccc(OC)cc2)c2cc3ccc(F)cc3c(-c3c(Cl)cc4c(N5CC6(F)CCC(F)(C5)N6C(=O)OC(C)(C)C)nc(OC[C@@]56CCCN5C[C@H](F)C6)nc4c3F)n2)cc1. The number of carbonyl (C=O) groups is 1. The highest BCUT2D eigenvalue weighted by atomic mass is 35.5. The van der Waals surface area contributed by atoms with Gasteiger partial charge in [-0.15, -0.1) is 0 Å². The van der Waals surface area contributed by atoms with Crippen molar-refractivity contribution in [3.8, 4) is 28.8 Å². The van der Waals surface area contributed by atoms with E-state index in [0.717, 1.165) is 17.5 Å². The number of amides is 1. The smallest absolute Gasteiger partial charge is 0.415 e. The van der Waals surface area contributed by atoms with E-state index in [9.17, 15) is 9.18 Å². The van der Waals surface area contributed by atoms with Gasteiger partial charge < -0.3 is 28.7 Å². The van der Waals surface area contributed by atoms with Crippen LogP contribution in [0.4, 0.5) is 38.4 Å². The Bertz CT molecular complexity index is 2920. The summed E-state index contributed by atoms with van der Waals surface area (Å²) in [4.78, 5) is 33.7. The molecule has 6 heterocycles. The molecule has 10 rings (SSSR count). The van der Waals surface area contributed by atoms with E-state index in [1.165, 1.54) is 23.1 Å². The molecule has 18 heteroatoms. The van der Waals surface area contributed by atoms with Crippen molar-refractivity contribution in [1.29, 1.82) is 0 Å². The number of methoxy groups -OCH3 is 2. The van der Waals surface area contributed by atoms with Crippen LogP contribution in [-0.2, 0) is 17.8 Å². The fourth-order valence-electron chi connectivity index (χ4n) is 10.7. The average Bonchev–Trinajstić information content (AvgIpc) is 3.90. The van der Waals surface area contributed by atoms with Crippen LogP contribution in [0.2, 0.25) is 5.02 Å². The second-order valence-corrected chi connectivity index (χ2v) is 20.3. The Morgan fingerprint density at radius 2 is 1.49 bits per heavy atom. The van der Waals surface area contributed by atoms with Crippen LogP contribution in [-0.4, -0.2) is 107 Å². The number of piperazine rings is 1. The summed E-state index contributed by atoms with van der Waals surface area (Å²) in [5.41, 5.74) is -0.392. The van der Waals surface area contributed by atoms with Crippen LogP contribution in [0.25, 0.3) is 32.9 Å². The fraction of sp³-hybridized carbons (Fsp3) is 0.423. The number of ether oxygens (including phenoxy) is 4. The van der Waals surface area contributed by atoms with E-state index in [1.807, 2.05) is 58.3 Å². The summed E-state index contributed by atoms with van der Waals surface area (Å²) in [6.45, 7) is 5.29. The van der Waals surface area contributed by atoms with Gasteiger partial charge in [-0.05, 0) is 105 Å². The third-order valence-electron chi connectivity index (χ3n) is 13.9. The van der Waals surface area contributed by atoms with Crippen molar-refractivity contribution >= 4 is 51.0 Å². The normalized spacial score (nSPS) is 23.3. The van der Waals surface area contributed by atoms with Gasteiger partial charge in [0.05, 0.1) is 49.1 Å². The van der Waals surface area contributed by atoms with Crippen molar-refractivity contribution in [2.45, 2.75) is 94.9 Å². The number of pyridine rings is 1. The average molecular weight is 986 g/mol. The molecule has 4 saturated heterocycles. The summed E-state index contributed by atoms with van der Waals surface area (Å²) in [6, 6.07) is 22.1. The summed E-state index contributed by atoms with van der Waals surface area (Å²) >= 11 is 7.18. The van der Waals surface area contributed by atoms with Crippen molar-refractivity contribution in [2.24, 2.45) is 0 Å². The molecule has 12 nitrogen and oxygen atoms in total. The standard InChI is InChI=1S/C52H53ClF5N7O5/c1-49(2,3)70-48(66)65-51(57)18-19-52(65,58)29-63(28-51)46-39-23-40(53)42(43(56)45(39)60-47(61-46)69-30-50-17-6-20-64(50)27-35(55)24-50)44-38-22-34(54)12-11-33(38)21-41(59-44)62(25-31-7-13-36(67-4)14-8-31)26-32-9-15-37(68-5)16-10-32/h7-16,21-23,35H,6,17-20,24-30H2,1-5H3/t35-,50+,51?,52?/m1/s1. The lowest BCUT2D eigenvalue weighted by Crippen LogP contribution is -2.66. The zero-order valence-corrected chi connectivity index (χ0v) is 40.3. The van der Waals surface area contributed by atoms with E-state index in [2.05, 4.69) is 9.97 Å². The second kappa shape index (κ2) is 17.9. The zero-order valence-electron chi connectivity index (χ0n) is 39.5. The molecule has 2 bridgehead atoms. The zero-order chi connectivity index (χ0) is 49.3. The number of fused-ring (bicyclic) bond motifs is 5. The van der Waals surface area contributed by atoms with E-state index >= 15 is 17.6 Å². The lowest BCUT2D eigenvalue weighted by molar-refractivity contribution is -0.115. The molecular weight excluding hydrogens is 933 g/mol. The predicted molar refractivity (Wildman–Crippen MR) is 257 cm³/mol. The van der Waals surface area contributed by atoms with Crippen LogP contribution in [0, 0.1) is 11.6 Å². The molecule has 0 spiro atoms. The van der Waals surface area contributed by atoms with Crippen LogP contribution in [0.15, 0.2) is 78.9 Å². The maximum atomic E-state index is 18.1. The largest absolute Gasteiger partial charge is 0.497 e. The van der Waals surface area contributed by atoms with E-state index in [4.69, 9.17) is 35.5 Å². The molecule has 4 fully saturated rings. The number of rotatable bonds is 12. The van der Waals surface area contributed by atoms with Gasteiger partial charge in [0, 0.05) is 49.7 Å². The van der Waals surface area contributed by atoms with E-state index < -0.39 is 59.7 Å². The summed E-state index contributed by atoms with van der Waals surface area (Å²) in [7, 11) is 3.17. The number of hydrogen-bond acceptors (Lipinski definition) is 11. The van der Waals surface area contributed by atoms with Gasteiger partial charge in [0.1, 0.15) is 52.8 Å². The Morgan fingerprint density at radius 3 is 2.10 bits per heavy atom. The molecule has 2 aromatic heterocycles. The molecule has 70 heavy (non-hydrogen) atoms. The molecule has 2 unspecified atom stereocenters. The van der Waals surface area contributed by atoms with Crippen LogP contribution in [0.1, 0.15) is 64.0 Å². The van der Waals surface area contributed by atoms with E-state index in [-0.39, 0.29) is 76.8 Å². The number of aromatic nitrogens is 3. The van der Waals surface area contributed by atoms with E-state index in [1.54, 1.807) is 47.1 Å². The molecular formula is C52H53ClF5N7O5. The monoisotopic (exact) mass is 985 g/mol. The molecule has 0 saturated carbocycles. The molecule has 368 valence electrons. The Balaban J connectivity index is 1.11. The summed E-state index contributed by atoms with van der Waals surface area (Å²) < 4.78 is 105. The first-order chi connectivity index (χ1) is 33.4. The highest BCUT2D eigenvalue weighted by Gasteiger charge is 2.65. The number of anilines is 2. The van der Waals surface area contributed by atoms with Gasteiger partial charge in [-0.25, -0.2) is 36.6 Å². The van der Waals surface area contributed by atoms with Crippen molar-refractivity contribution in [3.05, 3.63) is 107 Å². The first kappa shape index (κ1) is 47.5. The predicted octanol–water partition coefficient (Wildman–Crippen LogP) is 11.1. The number of halogens is 6. The first-order valence-corrected chi connectivity index (χ1v) is 23.7. The van der Waals surface area contributed by atoms with Crippen molar-refractivity contribution < 1.29 is 45.7 Å². The summed E-state index contributed by atoms with van der Waals surface area (Å²) in [6.07, 6.45) is -1.18. The summed E-state index contributed by atoms with van der Waals surface area (Å²) in [5.74, 6) is -5.00. The van der Waals surface area contributed by atoms with Crippen LogP contribution in [0.3, 0.4) is 0 Å². The number of nitrogens with zero attached hydrogens (tertiary/aromatic N) is 7. The van der Waals surface area contributed by atoms with Gasteiger partial charge >= 0.3 is 12.1 Å². The molecule has 4 atom stereocenters. The Labute approximate surface area is 407 Å². The fourth-order valence-corrected chi connectivity index (χ4v) is 11.0. The number of alkyl halides is 3. The molecule has 4 aliphatic heterocycles. The van der Waals surface area contributed by atoms with Gasteiger partial charge in [-0.3, -0.25) is 4.90 Å². The van der Waals surface area contributed by atoms with Gasteiger partial charge in [-0.2, -0.15) is 9.97 Å². The second-order valence-electron chi connectivity index (χ2n) is 19.9. The number of hydrogen-bond donors (Lipinski definition) is 0. The maximum Gasteiger partial charge on any atom is 0.415 e. The topological polar surface area (TPSA) is 106 Å². The van der Waals surface area contributed by atoms with Crippen molar-refractivity contribution in [3.63, 3.8) is 0 Å². The first-order valence-electron chi connectivity index (χ1n) is 23.4. The Kier molecular flexibility index (Phi) is 12.1. The molecule has 4 aromatic carbocycles. The van der Waals surface area contributed by atoms with Crippen molar-refractivity contribution in [1.82, 2.24) is 24.8 Å². The number of carbonyl (C=O) groups excluding carboxylic acids is 1. The number of benzene rings is 4. The van der Waals surface area contributed by atoms with Crippen LogP contribution >= 0.6 is 11.6 Å². The minimum absolute atomic E-state index is 0.00311. The Morgan fingerprint density at radius 1 is 0.843 bits per heavy atom. The van der Waals surface area contributed by atoms with Crippen molar-refractivity contribution in [2.75, 3.05) is 56.8 Å². The van der Waals surface area contributed by atoms with Crippen LogP contribution < -0.4 is 24.0 Å². The van der Waals surface area contributed by atoms with Gasteiger partial charge in [-0.1, -0.05) is 41.9 Å². The molecule has 0 N–H and O–H groups in total. The highest BCUT2D eigenvalue weighted by Crippen LogP contribution is 2.51.